The Morgan fingerprint density at radius 3 is 2.40 bits per heavy atom. The monoisotopic (exact) mass is 114 g/mol. The lowest BCUT2D eigenvalue weighted by Gasteiger charge is -1.65. The summed E-state index contributed by atoms with van der Waals surface area (Å²) in [6.45, 7) is 0. The molecule has 1 nitrogen and oxygen atoms in total. The van der Waals surface area contributed by atoms with Gasteiger partial charge >= 0.3 is 0 Å². The number of alkyl halides is 1. The summed E-state index contributed by atoms with van der Waals surface area (Å²) in [6.07, 6.45) is 0. The van der Waals surface area contributed by atoms with Gasteiger partial charge in [-0.05, 0) is 11.6 Å². The fourth-order valence-electron chi connectivity index (χ4n) is 0. The van der Waals surface area contributed by atoms with Crippen LogP contribution < -0.4 is 0 Å². The SMILES string of the molecule is [2H]C([2H])(Cl)C(=O)Cl. The van der Waals surface area contributed by atoms with Crippen LogP contribution in [0.15, 0.2) is 0 Å². The summed E-state index contributed by atoms with van der Waals surface area (Å²) in [5, 5.41) is -1.19. The molecule has 0 aromatic heterocycles. The molecule has 0 bridgehead atoms. The van der Waals surface area contributed by atoms with Crippen molar-refractivity contribution in [2.45, 2.75) is 0 Å². The van der Waals surface area contributed by atoms with Crippen molar-refractivity contribution in [3.63, 3.8) is 0 Å². The van der Waals surface area contributed by atoms with Crippen LogP contribution in [-0.4, -0.2) is 11.1 Å². The Kier molecular flexibility index (Phi) is 1.21. The van der Waals surface area contributed by atoms with Gasteiger partial charge < -0.3 is 0 Å². The van der Waals surface area contributed by atoms with Crippen LogP contribution in [0.4, 0.5) is 0 Å². The molecular formula is C2H2Cl2O. The second-order valence-corrected chi connectivity index (χ2v) is 0.900. The third-order valence-corrected chi connectivity index (χ3v) is 0.437. The van der Waals surface area contributed by atoms with Crippen molar-refractivity contribution in [2.24, 2.45) is 0 Å². The van der Waals surface area contributed by atoms with E-state index in [1.165, 1.54) is 0 Å². The molecule has 0 heterocycles. The normalized spacial score (nSPS) is 16.4. The standard InChI is InChI=1S/C2H2Cl2O/c3-1-2(4)5/h1H2/i1D2. The fraction of sp³-hybridized carbons (Fsp3) is 0.500. The average Bonchev–Trinajstić information content (AvgIpc) is 1.31. The summed E-state index contributed by atoms with van der Waals surface area (Å²) in [5.41, 5.74) is 0. The van der Waals surface area contributed by atoms with Crippen molar-refractivity contribution in [2.75, 3.05) is 5.83 Å². The van der Waals surface area contributed by atoms with E-state index >= 15 is 0 Å². The average molecular weight is 115 g/mol. The Hall–Kier alpha value is 0.250. The lowest BCUT2D eigenvalue weighted by Crippen LogP contribution is -1.81. The zero-order valence-corrected chi connectivity index (χ0v) is 3.68. The van der Waals surface area contributed by atoms with E-state index in [4.69, 9.17) is 14.3 Å². The molecule has 0 N–H and O–H groups in total. The lowest BCUT2D eigenvalue weighted by atomic mass is 10.9. The Morgan fingerprint density at radius 1 is 2.20 bits per heavy atom. The first-order chi connectivity index (χ1) is 2.94. The van der Waals surface area contributed by atoms with Crippen molar-refractivity contribution in [1.29, 1.82) is 0 Å². The maximum atomic E-state index is 9.72. The highest BCUT2D eigenvalue weighted by Crippen LogP contribution is 1.80. The number of carbonyl (C=O) groups is 1. The molecule has 0 saturated heterocycles. The van der Waals surface area contributed by atoms with E-state index in [9.17, 15) is 4.79 Å². The molecule has 0 spiro atoms. The van der Waals surface area contributed by atoms with E-state index in [2.05, 4.69) is 11.6 Å². The summed E-state index contributed by atoms with van der Waals surface area (Å²) in [7, 11) is 0. The molecule has 3 heteroatoms. The third-order valence-electron chi connectivity index (χ3n) is 0.0743. The lowest BCUT2D eigenvalue weighted by molar-refractivity contribution is -0.109. The van der Waals surface area contributed by atoms with Gasteiger partial charge in [-0.1, -0.05) is 0 Å². The second kappa shape index (κ2) is 2.49. The van der Waals surface area contributed by atoms with Crippen LogP contribution in [-0.2, 0) is 4.79 Å². The molecule has 0 aliphatic carbocycles. The van der Waals surface area contributed by atoms with Crippen LogP contribution in [0.1, 0.15) is 2.74 Å². The summed E-state index contributed by atoms with van der Waals surface area (Å²) < 4.78 is 12.7. The number of carbonyl (C=O) groups excluding carboxylic acids is 1. The van der Waals surface area contributed by atoms with Crippen molar-refractivity contribution >= 4 is 28.4 Å². The molecular weight excluding hydrogens is 111 g/mol. The van der Waals surface area contributed by atoms with E-state index in [0.29, 0.717) is 0 Å². The van der Waals surface area contributed by atoms with Gasteiger partial charge in [0.2, 0.25) is 5.24 Å². The van der Waals surface area contributed by atoms with Crippen molar-refractivity contribution in [3.05, 3.63) is 0 Å². The third kappa shape index (κ3) is 4.25. The topological polar surface area (TPSA) is 17.1 Å². The van der Waals surface area contributed by atoms with Gasteiger partial charge in [0.15, 0.2) is 0 Å². The number of rotatable bonds is 1. The maximum Gasteiger partial charge on any atom is 0.236 e. The van der Waals surface area contributed by atoms with Crippen LogP contribution >= 0.6 is 23.2 Å². The molecule has 0 amide bonds. The zero-order valence-electron chi connectivity index (χ0n) is 4.16. The smallest absolute Gasteiger partial charge is 0.236 e. The summed E-state index contributed by atoms with van der Waals surface area (Å²) in [4.78, 5) is 9.72. The van der Waals surface area contributed by atoms with Gasteiger partial charge in [0.05, 0.1) is 8.57 Å². The molecule has 0 aliphatic heterocycles. The largest absolute Gasteiger partial charge is 0.280 e. The minimum absolute atomic E-state index is 1.19. The molecule has 0 unspecified atom stereocenters. The maximum absolute atomic E-state index is 9.72. The van der Waals surface area contributed by atoms with Crippen molar-refractivity contribution in [1.82, 2.24) is 0 Å². The first-order valence-corrected chi connectivity index (χ1v) is 1.59. The zero-order chi connectivity index (χ0) is 6.08. The van der Waals surface area contributed by atoms with Crippen LogP contribution in [0.5, 0.6) is 0 Å². The molecule has 0 rings (SSSR count). The number of hydrogen-bond donors (Lipinski definition) is 0. The fourth-order valence-corrected chi connectivity index (χ4v) is 0. The first-order valence-electron chi connectivity index (χ1n) is 1.83. The van der Waals surface area contributed by atoms with E-state index < -0.39 is 11.1 Å². The Bertz CT molecular complexity index is 86.2. The molecule has 0 aromatic rings. The molecule has 0 fully saturated rings. The Morgan fingerprint density at radius 2 is 2.40 bits per heavy atom. The van der Waals surface area contributed by atoms with E-state index in [0.717, 1.165) is 0 Å². The highest BCUT2D eigenvalue weighted by Gasteiger charge is 1.83. The summed E-state index contributed by atoms with van der Waals surface area (Å²) in [5.74, 6) is -2.40. The van der Waals surface area contributed by atoms with Gasteiger partial charge in [0.25, 0.3) is 0 Å². The first kappa shape index (κ1) is 2.43. The second-order valence-electron chi connectivity index (χ2n) is 0.368. The van der Waals surface area contributed by atoms with Gasteiger partial charge in [-0.2, -0.15) is 0 Å². The van der Waals surface area contributed by atoms with E-state index in [-0.39, 0.29) is 0 Å². The van der Waals surface area contributed by atoms with Crippen LogP contribution in [0, 0.1) is 0 Å². The minimum Gasteiger partial charge on any atom is -0.280 e. The van der Waals surface area contributed by atoms with Gasteiger partial charge in [-0.25, -0.2) is 0 Å². The molecule has 0 aromatic carbocycles. The van der Waals surface area contributed by atoms with Crippen LogP contribution in [0.3, 0.4) is 0 Å². The summed E-state index contributed by atoms with van der Waals surface area (Å²) in [6, 6.07) is 0. The van der Waals surface area contributed by atoms with Gasteiger partial charge in [-0.15, -0.1) is 11.6 Å². The molecule has 0 saturated carbocycles. The molecule has 30 valence electrons. The quantitative estimate of drug-likeness (QED) is 0.367. The minimum atomic E-state index is -2.40. The highest BCUT2D eigenvalue weighted by molar-refractivity contribution is 6.67. The van der Waals surface area contributed by atoms with Crippen molar-refractivity contribution in [3.8, 4) is 0 Å². The van der Waals surface area contributed by atoms with Gasteiger partial charge in [-0.3, -0.25) is 4.79 Å². The predicted molar refractivity (Wildman–Crippen MR) is 21.6 cm³/mol. The number of halogens is 2. The molecule has 0 radical (unpaired) electrons. The van der Waals surface area contributed by atoms with Gasteiger partial charge in [0, 0.05) is 0 Å². The van der Waals surface area contributed by atoms with E-state index in [1.54, 1.807) is 0 Å². The molecule has 0 atom stereocenters. The van der Waals surface area contributed by atoms with Crippen LogP contribution in [0.2, 0.25) is 0 Å². The Labute approximate surface area is 42.7 Å². The highest BCUT2D eigenvalue weighted by atomic mass is 35.5. The van der Waals surface area contributed by atoms with Gasteiger partial charge in [0.1, 0.15) is 0 Å². The predicted octanol–water partition coefficient (Wildman–Crippen LogP) is 0.991. The molecule has 0 aliphatic rings. The van der Waals surface area contributed by atoms with Crippen molar-refractivity contribution < 1.29 is 7.54 Å². The van der Waals surface area contributed by atoms with E-state index in [1.807, 2.05) is 0 Å². The van der Waals surface area contributed by atoms with Crippen LogP contribution in [0.25, 0.3) is 0 Å². The molecule has 5 heavy (non-hydrogen) atoms. The summed E-state index contributed by atoms with van der Waals surface area (Å²) >= 11 is 9.33. The number of hydrogen-bond acceptors (Lipinski definition) is 1. The Balaban J connectivity index is 3.79.